The van der Waals surface area contributed by atoms with Crippen LogP contribution in [0.4, 0.5) is 0 Å². The quantitative estimate of drug-likeness (QED) is 0.0588. The van der Waals surface area contributed by atoms with Gasteiger partial charge in [-0.3, -0.25) is 0 Å². The SMILES string of the molecule is BrCCCCCCCCCCCCCCc1ccc(OCc2ccccc2)cc1.BrCCc1ccc(OCc2ccccc2)cc1. The highest BCUT2D eigenvalue weighted by molar-refractivity contribution is 9.09. The molecule has 248 valence electrons. The van der Waals surface area contributed by atoms with Gasteiger partial charge in [0.2, 0.25) is 0 Å². The van der Waals surface area contributed by atoms with Crippen molar-refractivity contribution in [3.8, 4) is 11.5 Å². The molecule has 4 rings (SSSR count). The van der Waals surface area contributed by atoms with E-state index in [4.69, 9.17) is 9.47 Å². The molecule has 0 atom stereocenters. The molecule has 0 aromatic heterocycles. The average Bonchev–Trinajstić information content (AvgIpc) is 3.11. The molecule has 0 unspecified atom stereocenters. The lowest BCUT2D eigenvalue weighted by Gasteiger charge is -2.07. The Bertz CT molecular complexity index is 1240. The van der Waals surface area contributed by atoms with Crippen LogP contribution in [0, 0.1) is 0 Å². The van der Waals surface area contributed by atoms with Gasteiger partial charge in [-0.2, -0.15) is 0 Å². The van der Waals surface area contributed by atoms with E-state index < -0.39 is 0 Å². The minimum Gasteiger partial charge on any atom is -0.489 e. The van der Waals surface area contributed by atoms with E-state index in [-0.39, 0.29) is 0 Å². The summed E-state index contributed by atoms with van der Waals surface area (Å²) in [6, 6.07) is 37.5. The van der Waals surface area contributed by atoms with Crippen molar-refractivity contribution in [3.63, 3.8) is 0 Å². The zero-order valence-corrected chi connectivity index (χ0v) is 30.9. The summed E-state index contributed by atoms with van der Waals surface area (Å²) in [5.41, 5.74) is 5.16. The van der Waals surface area contributed by atoms with Gasteiger partial charge in [0.15, 0.2) is 0 Å². The fraction of sp³-hybridized carbons (Fsp3) is 0.429. The molecule has 4 aromatic carbocycles. The third-order valence-electron chi connectivity index (χ3n) is 8.08. The summed E-state index contributed by atoms with van der Waals surface area (Å²) in [7, 11) is 0. The number of aryl methyl sites for hydroxylation is 2. The molecule has 0 aliphatic carbocycles. The van der Waals surface area contributed by atoms with E-state index in [9.17, 15) is 0 Å². The van der Waals surface area contributed by atoms with Crippen LogP contribution in [0.5, 0.6) is 11.5 Å². The molecule has 0 amide bonds. The number of rotatable bonds is 22. The maximum absolute atomic E-state index is 5.87. The third kappa shape index (κ3) is 18.0. The first-order valence-corrected chi connectivity index (χ1v) is 19.6. The van der Waals surface area contributed by atoms with Gasteiger partial charge in [0.25, 0.3) is 0 Å². The van der Waals surface area contributed by atoms with Crippen LogP contribution in [0.1, 0.15) is 99.3 Å². The first-order chi connectivity index (χ1) is 22.8. The Labute approximate surface area is 296 Å². The normalized spacial score (nSPS) is 10.7. The van der Waals surface area contributed by atoms with Crippen LogP contribution in [0.3, 0.4) is 0 Å². The van der Waals surface area contributed by atoms with Crippen LogP contribution >= 0.6 is 31.9 Å². The second-order valence-electron chi connectivity index (χ2n) is 12.0. The lowest BCUT2D eigenvalue weighted by molar-refractivity contribution is 0.306. The highest BCUT2D eigenvalue weighted by Crippen LogP contribution is 2.18. The fourth-order valence-corrected chi connectivity index (χ4v) is 6.14. The van der Waals surface area contributed by atoms with E-state index in [0.717, 1.165) is 23.2 Å². The van der Waals surface area contributed by atoms with Crippen molar-refractivity contribution in [1.29, 1.82) is 0 Å². The Balaban J connectivity index is 0.000000286. The van der Waals surface area contributed by atoms with Gasteiger partial charge in [-0.05, 0) is 72.2 Å². The van der Waals surface area contributed by atoms with Crippen LogP contribution < -0.4 is 9.47 Å². The van der Waals surface area contributed by atoms with Crippen molar-refractivity contribution in [2.75, 3.05) is 10.7 Å². The lowest BCUT2D eigenvalue weighted by atomic mass is 10.0. The molecular formula is C42H54Br2O2. The topological polar surface area (TPSA) is 18.5 Å². The smallest absolute Gasteiger partial charge is 0.119 e. The predicted molar refractivity (Wildman–Crippen MR) is 205 cm³/mol. The summed E-state index contributed by atoms with van der Waals surface area (Å²) < 4.78 is 11.6. The molecule has 0 fully saturated rings. The summed E-state index contributed by atoms with van der Waals surface area (Å²) in [4.78, 5) is 0. The van der Waals surface area contributed by atoms with Gasteiger partial charge < -0.3 is 9.47 Å². The zero-order chi connectivity index (χ0) is 32.3. The summed E-state index contributed by atoms with van der Waals surface area (Å²) in [5.74, 6) is 1.88. The summed E-state index contributed by atoms with van der Waals surface area (Å²) in [5, 5.41) is 2.17. The molecule has 0 radical (unpaired) electrons. The number of halogens is 2. The molecular weight excluding hydrogens is 696 g/mol. The van der Waals surface area contributed by atoms with Crippen LogP contribution in [0.15, 0.2) is 109 Å². The van der Waals surface area contributed by atoms with E-state index in [1.54, 1.807) is 0 Å². The molecule has 0 spiro atoms. The zero-order valence-electron chi connectivity index (χ0n) is 27.7. The molecule has 46 heavy (non-hydrogen) atoms. The molecule has 4 heteroatoms. The van der Waals surface area contributed by atoms with E-state index in [0.29, 0.717) is 13.2 Å². The number of alkyl halides is 2. The Kier molecular flexibility index (Phi) is 21.0. The van der Waals surface area contributed by atoms with Gasteiger partial charge in [-0.1, -0.05) is 181 Å². The van der Waals surface area contributed by atoms with Crippen molar-refractivity contribution in [2.24, 2.45) is 0 Å². The van der Waals surface area contributed by atoms with E-state index in [1.807, 2.05) is 36.4 Å². The third-order valence-corrected chi connectivity index (χ3v) is 9.03. The average molecular weight is 751 g/mol. The first-order valence-electron chi connectivity index (χ1n) is 17.4. The number of ether oxygens (including phenoxy) is 2. The van der Waals surface area contributed by atoms with E-state index >= 15 is 0 Å². The molecule has 2 nitrogen and oxygen atoms in total. The number of hydrogen-bond acceptors (Lipinski definition) is 2. The van der Waals surface area contributed by atoms with Crippen molar-refractivity contribution >= 4 is 31.9 Å². The standard InChI is InChI=1S/C27H39BrO.C15H15BrO/c28-23-15-10-8-6-4-2-1-3-5-7-9-12-16-25-19-21-27(22-20-25)29-24-26-17-13-11-14-18-26;16-11-10-13-6-8-15(9-7-13)17-12-14-4-2-1-3-5-14/h11,13-14,17-22H,1-10,12,15-16,23-24H2;1-9H,10-12H2. The molecule has 0 saturated carbocycles. The number of unbranched alkanes of at least 4 members (excludes halogenated alkanes) is 11. The monoisotopic (exact) mass is 748 g/mol. The molecule has 0 aliphatic heterocycles. The van der Waals surface area contributed by atoms with E-state index in [1.165, 1.54) is 111 Å². The molecule has 0 saturated heterocycles. The van der Waals surface area contributed by atoms with Crippen molar-refractivity contribution in [2.45, 2.75) is 103 Å². The molecule has 0 heterocycles. The van der Waals surface area contributed by atoms with Crippen LogP contribution in [-0.4, -0.2) is 10.7 Å². The van der Waals surface area contributed by atoms with Crippen LogP contribution in [0.2, 0.25) is 0 Å². The minimum atomic E-state index is 0.624. The van der Waals surface area contributed by atoms with Crippen molar-refractivity contribution < 1.29 is 9.47 Å². The number of benzene rings is 4. The van der Waals surface area contributed by atoms with E-state index in [2.05, 4.69) is 105 Å². The largest absolute Gasteiger partial charge is 0.489 e. The maximum Gasteiger partial charge on any atom is 0.119 e. The second-order valence-corrected chi connectivity index (χ2v) is 13.5. The predicted octanol–water partition coefficient (Wildman–Crippen LogP) is 13.1. The van der Waals surface area contributed by atoms with Crippen molar-refractivity contribution in [1.82, 2.24) is 0 Å². The van der Waals surface area contributed by atoms with Gasteiger partial charge in [0.1, 0.15) is 24.7 Å². The number of hydrogen-bond donors (Lipinski definition) is 0. The highest BCUT2D eigenvalue weighted by Gasteiger charge is 1.99. The molecule has 0 aliphatic rings. The molecule has 0 bridgehead atoms. The first kappa shape index (κ1) is 37.9. The van der Waals surface area contributed by atoms with Crippen LogP contribution in [0.25, 0.3) is 0 Å². The summed E-state index contributed by atoms with van der Waals surface area (Å²) >= 11 is 6.94. The van der Waals surface area contributed by atoms with Gasteiger partial charge in [-0.15, -0.1) is 0 Å². The van der Waals surface area contributed by atoms with Crippen molar-refractivity contribution in [3.05, 3.63) is 131 Å². The summed E-state index contributed by atoms with van der Waals surface area (Å²) in [6.07, 6.45) is 19.0. The maximum atomic E-state index is 5.87. The Morgan fingerprint density at radius 1 is 0.326 bits per heavy atom. The summed E-state index contributed by atoms with van der Waals surface area (Å²) in [6.45, 7) is 1.26. The Hall–Kier alpha value is -2.56. The van der Waals surface area contributed by atoms with Gasteiger partial charge >= 0.3 is 0 Å². The Morgan fingerprint density at radius 2 is 0.696 bits per heavy atom. The Morgan fingerprint density at radius 3 is 1.09 bits per heavy atom. The fourth-order valence-electron chi connectivity index (χ4n) is 5.29. The highest BCUT2D eigenvalue weighted by atomic mass is 79.9. The molecule has 4 aromatic rings. The van der Waals surface area contributed by atoms with Gasteiger partial charge in [0, 0.05) is 10.7 Å². The van der Waals surface area contributed by atoms with Gasteiger partial charge in [-0.25, -0.2) is 0 Å². The minimum absolute atomic E-state index is 0.624. The second kappa shape index (κ2) is 25.5. The van der Waals surface area contributed by atoms with Crippen LogP contribution in [-0.2, 0) is 26.1 Å². The lowest BCUT2D eigenvalue weighted by Crippen LogP contribution is -1.95. The molecule has 0 N–H and O–H groups in total. The van der Waals surface area contributed by atoms with Gasteiger partial charge in [0.05, 0.1) is 0 Å².